The summed E-state index contributed by atoms with van der Waals surface area (Å²) >= 11 is 0. The van der Waals surface area contributed by atoms with Crippen molar-refractivity contribution in [2.45, 2.75) is 32.1 Å². The maximum absolute atomic E-state index is 12.2. The van der Waals surface area contributed by atoms with Crippen LogP contribution in [0, 0.1) is 6.92 Å². The van der Waals surface area contributed by atoms with Crippen LogP contribution >= 0.6 is 0 Å². The van der Waals surface area contributed by atoms with Crippen LogP contribution in [0.15, 0.2) is 22.7 Å². The van der Waals surface area contributed by atoms with Gasteiger partial charge in [0.05, 0.1) is 6.61 Å². The number of nitrogens with one attached hydrogen (secondary N) is 2. The average molecular weight is 299 g/mol. The Kier molecular flexibility index (Phi) is 3.03. The standard InChI is InChI=1S/C16H17N3O3/c1-9-14(15(22-19-9)11-2-3-11)18-16(20)17-12-5-4-10-6-7-21-13(10)8-12/h4-5,8,11H,2-3,6-7H2,1H3,(H2,17,18,20). The van der Waals surface area contributed by atoms with Gasteiger partial charge in [0.1, 0.15) is 17.1 Å². The van der Waals surface area contributed by atoms with Crippen molar-refractivity contribution in [3.05, 3.63) is 35.2 Å². The quantitative estimate of drug-likeness (QED) is 0.910. The molecule has 2 amide bonds. The molecule has 1 aromatic heterocycles. The third-order valence-electron chi connectivity index (χ3n) is 4.03. The predicted octanol–water partition coefficient (Wildman–Crippen LogP) is 3.44. The van der Waals surface area contributed by atoms with Crippen LogP contribution in [0.2, 0.25) is 0 Å². The molecule has 2 aromatic rings. The molecule has 2 heterocycles. The van der Waals surface area contributed by atoms with Crippen LogP contribution in [-0.2, 0) is 6.42 Å². The lowest BCUT2D eigenvalue weighted by Crippen LogP contribution is -2.20. The molecule has 6 heteroatoms. The zero-order chi connectivity index (χ0) is 15.1. The van der Waals surface area contributed by atoms with E-state index in [9.17, 15) is 4.79 Å². The first-order valence-electron chi connectivity index (χ1n) is 7.50. The van der Waals surface area contributed by atoms with Crippen LogP contribution < -0.4 is 15.4 Å². The first kappa shape index (κ1) is 13.2. The van der Waals surface area contributed by atoms with Gasteiger partial charge in [-0.2, -0.15) is 0 Å². The minimum absolute atomic E-state index is 0.300. The minimum Gasteiger partial charge on any atom is -0.493 e. The fourth-order valence-electron chi connectivity index (χ4n) is 2.68. The van der Waals surface area contributed by atoms with Crippen molar-refractivity contribution >= 4 is 17.4 Å². The summed E-state index contributed by atoms with van der Waals surface area (Å²) in [6, 6.07) is 5.42. The van der Waals surface area contributed by atoms with E-state index in [0.29, 0.717) is 29.6 Å². The van der Waals surface area contributed by atoms with Crippen molar-refractivity contribution in [1.82, 2.24) is 5.16 Å². The van der Waals surface area contributed by atoms with Gasteiger partial charge in [-0.1, -0.05) is 11.2 Å². The Bertz CT molecular complexity index is 734. The minimum atomic E-state index is -0.300. The number of ether oxygens (including phenoxy) is 1. The molecule has 0 radical (unpaired) electrons. The molecule has 1 fully saturated rings. The fraction of sp³-hybridized carbons (Fsp3) is 0.375. The Morgan fingerprint density at radius 3 is 3.00 bits per heavy atom. The highest BCUT2D eigenvalue weighted by atomic mass is 16.5. The molecular formula is C16H17N3O3. The number of aromatic nitrogens is 1. The molecule has 0 bridgehead atoms. The Hall–Kier alpha value is -2.50. The van der Waals surface area contributed by atoms with Gasteiger partial charge in [0.25, 0.3) is 0 Å². The smallest absolute Gasteiger partial charge is 0.323 e. The van der Waals surface area contributed by atoms with Gasteiger partial charge in [-0.15, -0.1) is 0 Å². The first-order valence-corrected chi connectivity index (χ1v) is 7.50. The van der Waals surface area contributed by atoms with Crippen molar-refractivity contribution in [3.8, 4) is 5.75 Å². The predicted molar refractivity (Wildman–Crippen MR) is 81.5 cm³/mol. The number of amides is 2. The van der Waals surface area contributed by atoms with E-state index >= 15 is 0 Å². The lowest BCUT2D eigenvalue weighted by molar-refractivity contribution is 0.262. The maximum atomic E-state index is 12.2. The highest BCUT2D eigenvalue weighted by molar-refractivity contribution is 6.00. The molecule has 1 saturated carbocycles. The molecule has 0 saturated heterocycles. The van der Waals surface area contributed by atoms with Crippen molar-refractivity contribution in [3.63, 3.8) is 0 Å². The summed E-state index contributed by atoms with van der Waals surface area (Å²) in [5.41, 5.74) is 3.28. The number of fused-ring (bicyclic) bond motifs is 1. The summed E-state index contributed by atoms with van der Waals surface area (Å²) in [5.74, 6) is 2.02. The van der Waals surface area contributed by atoms with Gasteiger partial charge in [0, 0.05) is 24.1 Å². The third-order valence-corrected chi connectivity index (χ3v) is 4.03. The summed E-state index contributed by atoms with van der Waals surface area (Å²) < 4.78 is 10.8. The van der Waals surface area contributed by atoms with Gasteiger partial charge in [0.2, 0.25) is 0 Å². The number of carbonyl (C=O) groups excluding carboxylic acids is 1. The van der Waals surface area contributed by atoms with Crippen LogP contribution in [0.25, 0.3) is 0 Å². The van der Waals surface area contributed by atoms with Crippen molar-refractivity contribution < 1.29 is 14.1 Å². The van der Waals surface area contributed by atoms with Crippen LogP contribution in [-0.4, -0.2) is 17.8 Å². The third kappa shape index (κ3) is 2.41. The highest BCUT2D eigenvalue weighted by Crippen LogP contribution is 2.44. The number of hydrogen-bond donors (Lipinski definition) is 2. The number of anilines is 2. The van der Waals surface area contributed by atoms with Gasteiger partial charge in [-0.05, 0) is 31.4 Å². The van der Waals surface area contributed by atoms with Crippen molar-refractivity contribution in [2.75, 3.05) is 17.2 Å². The fourth-order valence-corrected chi connectivity index (χ4v) is 2.68. The highest BCUT2D eigenvalue weighted by Gasteiger charge is 2.32. The number of benzene rings is 1. The van der Waals surface area contributed by atoms with Gasteiger partial charge >= 0.3 is 6.03 Å². The van der Waals surface area contributed by atoms with E-state index in [4.69, 9.17) is 9.26 Å². The lowest BCUT2D eigenvalue weighted by atomic mass is 10.1. The second-order valence-corrected chi connectivity index (χ2v) is 5.78. The monoisotopic (exact) mass is 299 g/mol. The molecule has 2 N–H and O–H groups in total. The second kappa shape index (κ2) is 5.05. The van der Waals surface area contributed by atoms with E-state index in [2.05, 4.69) is 15.8 Å². The van der Waals surface area contributed by atoms with Crippen molar-refractivity contribution in [2.24, 2.45) is 0 Å². The Labute approximate surface area is 127 Å². The van der Waals surface area contributed by atoms with Gasteiger partial charge in [-0.3, -0.25) is 0 Å². The van der Waals surface area contributed by atoms with Gasteiger partial charge in [-0.25, -0.2) is 4.79 Å². The number of carbonyl (C=O) groups is 1. The second-order valence-electron chi connectivity index (χ2n) is 5.78. The van der Waals surface area contributed by atoms with E-state index in [1.54, 1.807) is 0 Å². The topological polar surface area (TPSA) is 76.4 Å². The van der Waals surface area contributed by atoms with Gasteiger partial charge < -0.3 is 19.9 Å². The van der Waals surface area contributed by atoms with E-state index in [-0.39, 0.29) is 6.03 Å². The van der Waals surface area contributed by atoms with E-state index in [0.717, 1.165) is 30.8 Å². The van der Waals surface area contributed by atoms with Crippen LogP contribution in [0.1, 0.15) is 35.8 Å². The SMILES string of the molecule is Cc1noc(C2CC2)c1NC(=O)Nc1ccc2c(c1)OCC2. The zero-order valence-corrected chi connectivity index (χ0v) is 12.3. The normalized spacial score (nSPS) is 16.0. The molecule has 22 heavy (non-hydrogen) atoms. The van der Waals surface area contributed by atoms with Crippen LogP contribution in [0.3, 0.4) is 0 Å². The zero-order valence-electron chi connectivity index (χ0n) is 12.3. The number of rotatable bonds is 3. The molecule has 0 atom stereocenters. The Morgan fingerprint density at radius 2 is 2.18 bits per heavy atom. The van der Waals surface area contributed by atoms with Crippen molar-refractivity contribution in [1.29, 1.82) is 0 Å². The molecule has 0 unspecified atom stereocenters. The molecule has 1 aliphatic heterocycles. The molecule has 2 aliphatic rings. The summed E-state index contributed by atoms with van der Waals surface area (Å²) in [6.07, 6.45) is 3.10. The molecule has 1 aliphatic carbocycles. The molecule has 6 nitrogen and oxygen atoms in total. The van der Waals surface area contributed by atoms with Gasteiger partial charge in [0.15, 0.2) is 5.76 Å². The van der Waals surface area contributed by atoms with E-state index < -0.39 is 0 Å². The maximum Gasteiger partial charge on any atom is 0.323 e. The average Bonchev–Trinajstić information content (AvgIpc) is 3.13. The summed E-state index contributed by atoms with van der Waals surface area (Å²) in [6.45, 7) is 2.53. The lowest BCUT2D eigenvalue weighted by Gasteiger charge is -2.09. The Balaban J connectivity index is 1.48. The molecular weight excluding hydrogens is 282 g/mol. The largest absolute Gasteiger partial charge is 0.493 e. The number of aryl methyl sites for hydroxylation is 1. The molecule has 114 valence electrons. The molecule has 4 rings (SSSR count). The van der Waals surface area contributed by atoms with E-state index in [1.807, 2.05) is 25.1 Å². The molecule has 0 spiro atoms. The molecule has 1 aromatic carbocycles. The summed E-state index contributed by atoms with van der Waals surface area (Å²) in [7, 11) is 0. The van der Waals surface area contributed by atoms with Crippen LogP contribution in [0.5, 0.6) is 5.75 Å². The Morgan fingerprint density at radius 1 is 1.32 bits per heavy atom. The number of hydrogen-bond acceptors (Lipinski definition) is 4. The summed E-state index contributed by atoms with van der Waals surface area (Å²) in [5, 5.41) is 9.62. The number of nitrogens with zero attached hydrogens (tertiary/aromatic N) is 1. The number of urea groups is 1. The first-order chi connectivity index (χ1) is 10.7. The van der Waals surface area contributed by atoms with E-state index in [1.165, 1.54) is 5.56 Å². The summed E-state index contributed by atoms with van der Waals surface area (Å²) in [4.78, 5) is 12.2. The van der Waals surface area contributed by atoms with Crippen LogP contribution in [0.4, 0.5) is 16.2 Å².